The van der Waals surface area contributed by atoms with Gasteiger partial charge >= 0.3 is 12.2 Å². The summed E-state index contributed by atoms with van der Waals surface area (Å²) in [5.41, 5.74) is 0. The van der Waals surface area contributed by atoms with Crippen LogP contribution in [0.15, 0.2) is 0 Å². The molecule has 0 aromatic carbocycles. The highest BCUT2D eigenvalue weighted by Crippen LogP contribution is 2.13. The van der Waals surface area contributed by atoms with E-state index in [-0.39, 0.29) is 6.04 Å². The standard InChI is InChI=1S/C8H13F3N2O2/c1-6-4-15-3-2-13(6)7(14)12-5-8(9,10)11/h6H,2-5H2,1H3,(H,12,14)/t6-/m1/s1. The van der Waals surface area contributed by atoms with Gasteiger partial charge in [0.1, 0.15) is 6.54 Å². The van der Waals surface area contributed by atoms with Crippen LogP contribution >= 0.6 is 0 Å². The molecule has 15 heavy (non-hydrogen) atoms. The Morgan fingerprint density at radius 3 is 2.80 bits per heavy atom. The summed E-state index contributed by atoms with van der Waals surface area (Å²) in [6, 6.07) is -0.880. The number of carbonyl (C=O) groups is 1. The van der Waals surface area contributed by atoms with Crippen LogP contribution in [-0.2, 0) is 4.74 Å². The van der Waals surface area contributed by atoms with Crippen molar-refractivity contribution in [2.75, 3.05) is 26.3 Å². The smallest absolute Gasteiger partial charge is 0.377 e. The number of nitrogens with one attached hydrogen (secondary N) is 1. The Balaban J connectivity index is 2.39. The Labute approximate surface area is 85.4 Å². The van der Waals surface area contributed by atoms with Crippen molar-refractivity contribution in [2.24, 2.45) is 0 Å². The number of ether oxygens (including phenoxy) is 1. The lowest BCUT2D eigenvalue weighted by Gasteiger charge is -2.33. The van der Waals surface area contributed by atoms with Gasteiger partial charge in [0.2, 0.25) is 0 Å². The molecule has 0 aromatic rings. The molecule has 1 aliphatic rings. The zero-order valence-electron chi connectivity index (χ0n) is 8.30. The van der Waals surface area contributed by atoms with Gasteiger partial charge in [0.25, 0.3) is 0 Å². The normalized spacial score (nSPS) is 22.7. The van der Waals surface area contributed by atoms with E-state index in [0.29, 0.717) is 19.8 Å². The minimum atomic E-state index is -4.37. The molecule has 0 aliphatic carbocycles. The molecule has 0 spiro atoms. The van der Waals surface area contributed by atoms with Gasteiger partial charge in [-0.1, -0.05) is 0 Å². The Kier molecular flexibility index (Phi) is 3.78. The number of hydrogen-bond donors (Lipinski definition) is 1. The van der Waals surface area contributed by atoms with Crippen LogP contribution < -0.4 is 5.32 Å². The molecule has 1 atom stereocenters. The first-order chi connectivity index (χ1) is 6.90. The number of nitrogens with zero attached hydrogens (tertiary/aromatic N) is 1. The maximum atomic E-state index is 11.8. The number of carbonyl (C=O) groups excluding carboxylic acids is 1. The molecule has 0 saturated carbocycles. The van der Waals surface area contributed by atoms with E-state index in [0.717, 1.165) is 0 Å². The molecule has 1 aliphatic heterocycles. The highest BCUT2D eigenvalue weighted by atomic mass is 19.4. The molecule has 0 radical (unpaired) electrons. The second kappa shape index (κ2) is 4.69. The van der Waals surface area contributed by atoms with Crippen LogP contribution in [0.3, 0.4) is 0 Å². The third-order valence-electron chi connectivity index (χ3n) is 2.07. The largest absolute Gasteiger partial charge is 0.405 e. The summed E-state index contributed by atoms with van der Waals surface area (Å²) in [6.07, 6.45) is -4.37. The van der Waals surface area contributed by atoms with Crippen LogP contribution in [0.25, 0.3) is 0 Å². The van der Waals surface area contributed by atoms with Gasteiger partial charge in [0.15, 0.2) is 0 Å². The molecule has 0 bridgehead atoms. The fraction of sp³-hybridized carbons (Fsp3) is 0.875. The summed E-state index contributed by atoms with van der Waals surface area (Å²) < 4.78 is 40.5. The van der Waals surface area contributed by atoms with Crippen molar-refractivity contribution in [3.8, 4) is 0 Å². The van der Waals surface area contributed by atoms with E-state index in [1.807, 2.05) is 5.32 Å². The third-order valence-corrected chi connectivity index (χ3v) is 2.07. The predicted octanol–water partition coefficient (Wildman–Crippen LogP) is 0.979. The topological polar surface area (TPSA) is 41.6 Å². The number of hydrogen-bond acceptors (Lipinski definition) is 2. The number of urea groups is 1. The number of amides is 2. The molecule has 1 N–H and O–H groups in total. The van der Waals surface area contributed by atoms with E-state index in [1.165, 1.54) is 4.90 Å². The van der Waals surface area contributed by atoms with Crippen molar-refractivity contribution >= 4 is 6.03 Å². The molecule has 1 saturated heterocycles. The second-order valence-corrected chi connectivity index (χ2v) is 3.39. The van der Waals surface area contributed by atoms with Gasteiger partial charge in [0, 0.05) is 6.54 Å². The summed E-state index contributed by atoms with van der Waals surface area (Å²) >= 11 is 0. The van der Waals surface area contributed by atoms with E-state index >= 15 is 0 Å². The van der Waals surface area contributed by atoms with E-state index < -0.39 is 18.8 Å². The summed E-state index contributed by atoms with van der Waals surface area (Å²) in [4.78, 5) is 12.7. The first-order valence-corrected chi connectivity index (χ1v) is 4.59. The zero-order chi connectivity index (χ0) is 11.5. The number of rotatable bonds is 1. The lowest BCUT2D eigenvalue weighted by Crippen LogP contribution is -2.52. The average Bonchev–Trinajstić information content (AvgIpc) is 2.14. The fourth-order valence-corrected chi connectivity index (χ4v) is 1.31. The molecule has 1 heterocycles. The molecule has 4 nitrogen and oxygen atoms in total. The number of morpholine rings is 1. The van der Waals surface area contributed by atoms with Crippen molar-refractivity contribution in [3.05, 3.63) is 0 Å². The summed E-state index contributed by atoms with van der Waals surface area (Å²) in [6.45, 7) is 1.48. The highest BCUT2D eigenvalue weighted by Gasteiger charge is 2.30. The van der Waals surface area contributed by atoms with Gasteiger partial charge in [0.05, 0.1) is 19.3 Å². The summed E-state index contributed by atoms with van der Waals surface area (Å²) in [5.74, 6) is 0. The highest BCUT2D eigenvalue weighted by molar-refractivity contribution is 5.74. The van der Waals surface area contributed by atoms with Crippen LogP contribution in [0.2, 0.25) is 0 Å². The minimum absolute atomic E-state index is 0.188. The SMILES string of the molecule is C[C@@H]1COCCN1C(=O)NCC(F)(F)F. The van der Waals surface area contributed by atoms with Crippen LogP contribution in [0.5, 0.6) is 0 Å². The lowest BCUT2D eigenvalue weighted by atomic mass is 10.3. The van der Waals surface area contributed by atoms with Crippen molar-refractivity contribution < 1.29 is 22.7 Å². The first-order valence-electron chi connectivity index (χ1n) is 4.59. The minimum Gasteiger partial charge on any atom is -0.377 e. The van der Waals surface area contributed by atoms with E-state index in [9.17, 15) is 18.0 Å². The molecular formula is C8H13F3N2O2. The molecule has 88 valence electrons. The van der Waals surface area contributed by atoms with Crippen molar-refractivity contribution in [1.29, 1.82) is 0 Å². The monoisotopic (exact) mass is 226 g/mol. The molecular weight excluding hydrogens is 213 g/mol. The van der Waals surface area contributed by atoms with Crippen molar-refractivity contribution in [2.45, 2.75) is 19.1 Å². The molecule has 0 unspecified atom stereocenters. The average molecular weight is 226 g/mol. The van der Waals surface area contributed by atoms with Gasteiger partial charge in [-0.15, -0.1) is 0 Å². The fourth-order valence-electron chi connectivity index (χ4n) is 1.31. The molecule has 2 amide bonds. The molecule has 0 aromatic heterocycles. The molecule has 7 heteroatoms. The van der Waals surface area contributed by atoms with Crippen LogP contribution in [0.1, 0.15) is 6.92 Å². The lowest BCUT2D eigenvalue weighted by molar-refractivity contribution is -0.123. The van der Waals surface area contributed by atoms with Crippen LogP contribution in [0, 0.1) is 0 Å². The van der Waals surface area contributed by atoms with E-state index in [2.05, 4.69) is 0 Å². The van der Waals surface area contributed by atoms with Gasteiger partial charge < -0.3 is 15.0 Å². The van der Waals surface area contributed by atoms with E-state index in [1.54, 1.807) is 6.92 Å². The van der Waals surface area contributed by atoms with Gasteiger partial charge in [-0.25, -0.2) is 4.79 Å². The van der Waals surface area contributed by atoms with Crippen LogP contribution in [0.4, 0.5) is 18.0 Å². The number of halogens is 3. The molecule has 1 fully saturated rings. The molecule has 1 rings (SSSR count). The predicted molar refractivity (Wildman–Crippen MR) is 46.4 cm³/mol. The Bertz CT molecular complexity index is 232. The second-order valence-electron chi connectivity index (χ2n) is 3.39. The summed E-state index contributed by atoms with van der Waals surface area (Å²) in [7, 11) is 0. The summed E-state index contributed by atoms with van der Waals surface area (Å²) in [5, 5.41) is 1.83. The Hall–Kier alpha value is -0.980. The van der Waals surface area contributed by atoms with Gasteiger partial charge in [-0.2, -0.15) is 13.2 Å². The maximum absolute atomic E-state index is 11.8. The third kappa shape index (κ3) is 3.94. The first kappa shape index (κ1) is 12.1. The van der Waals surface area contributed by atoms with E-state index in [4.69, 9.17) is 4.74 Å². The Morgan fingerprint density at radius 2 is 2.27 bits per heavy atom. The van der Waals surface area contributed by atoms with Gasteiger partial charge in [-0.3, -0.25) is 0 Å². The van der Waals surface area contributed by atoms with Crippen molar-refractivity contribution in [1.82, 2.24) is 10.2 Å². The number of alkyl halides is 3. The zero-order valence-corrected chi connectivity index (χ0v) is 8.30. The van der Waals surface area contributed by atoms with Crippen molar-refractivity contribution in [3.63, 3.8) is 0 Å². The maximum Gasteiger partial charge on any atom is 0.405 e. The van der Waals surface area contributed by atoms with Gasteiger partial charge in [-0.05, 0) is 6.92 Å². The quantitative estimate of drug-likeness (QED) is 0.724. The van der Waals surface area contributed by atoms with Crippen LogP contribution in [-0.4, -0.2) is 49.5 Å². The Morgan fingerprint density at radius 1 is 1.60 bits per heavy atom.